The predicted octanol–water partition coefficient (Wildman–Crippen LogP) is 2.08. The van der Waals surface area contributed by atoms with E-state index in [9.17, 15) is 9.59 Å². The van der Waals surface area contributed by atoms with E-state index >= 15 is 0 Å². The van der Waals surface area contributed by atoms with Crippen LogP contribution in [0.3, 0.4) is 0 Å². The van der Waals surface area contributed by atoms with E-state index in [-0.39, 0.29) is 17.7 Å². The summed E-state index contributed by atoms with van der Waals surface area (Å²) in [6.45, 7) is 4.02. The van der Waals surface area contributed by atoms with Gasteiger partial charge < -0.3 is 15.5 Å². The number of hydrogen-bond donors (Lipinski definition) is 2. The monoisotopic (exact) mass is 346 g/mol. The topological polar surface area (TPSA) is 74.3 Å². The SMILES string of the molecule is CC(=O)N1CCCC(C(=O)NCCNc2nsc3ccccc23)C1. The number of aromatic nitrogens is 1. The molecule has 1 aliphatic heterocycles. The second kappa shape index (κ2) is 7.61. The number of nitrogens with zero attached hydrogens (tertiary/aromatic N) is 2. The number of benzene rings is 1. The molecule has 0 saturated carbocycles. The van der Waals surface area contributed by atoms with Gasteiger partial charge in [0.05, 0.1) is 10.6 Å². The third kappa shape index (κ3) is 3.84. The van der Waals surface area contributed by atoms with E-state index in [0.717, 1.165) is 35.3 Å². The minimum atomic E-state index is -0.0947. The van der Waals surface area contributed by atoms with Gasteiger partial charge in [-0.3, -0.25) is 9.59 Å². The largest absolute Gasteiger partial charge is 0.367 e. The van der Waals surface area contributed by atoms with Gasteiger partial charge in [-0.1, -0.05) is 12.1 Å². The first-order chi connectivity index (χ1) is 11.6. The molecular weight excluding hydrogens is 324 g/mol. The number of carbonyl (C=O) groups excluding carboxylic acids is 2. The summed E-state index contributed by atoms with van der Waals surface area (Å²) in [4.78, 5) is 25.5. The average Bonchev–Trinajstić information content (AvgIpc) is 3.02. The number of anilines is 1. The van der Waals surface area contributed by atoms with Crippen molar-refractivity contribution in [1.82, 2.24) is 14.6 Å². The van der Waals surface area contributed by atoms with Gasteiger partial charge in [0.15, 0.2) is 0 Å². The maximum Gasteiger partial charge on any atom is 0.224 e. The number of amides is 2. The highest BCUT2D eigenvalue weighted by atomic mass is 32.1. The van der Waals surface area contributed by atoms with E-state index in [1.165, 1.54) is 11.5 Å². The van der Waals surface area contributed by atoms with Crippen LogP contribution in [-0.4, -0.2) is 47.3 Å². The first kappa shape index (κ1) is 16.7. The average molecular weight is 346 g/mol. The second-order valence-corrected chi connectivity index (χ2v) is 6.85. The van der Waals surface area contributed by atoms with Gasteiger partial charge in [0.2, 0.25) is 11.8 Å². The molecule has 0 aliphatic carbocycles. The fourth-order valence-electron chi connectivity index (χ4n) is 3.00. The standard InChI is InChI=1S/C17H22N4O2S/c1-12(22)21-10-4-5-13(11-21)17(23)19-9-8-18-16-14-6-2-3-7-15(14)24-20-16/h2-3,6-7,13H,4-5,8-11H2,1H3,(H,18,20)(H,19,23). The molecule has 1 aromatic heterocycles. The molecule has 3 rings (SSSR count). The number of fused-ring (bicyclic) bond motifs is 1. The van der Waals surface area contributed by atoms with Gasteiger partial charge in [0.1, 0.15) is 5.82 Å². The maximum atomic E-state index is 12.2. The van der Waals surface area contributed by atoms with Crippen LogP contribution in [0.4, 0.5) is 5.82 Å². The first-order valence-electron chi connectivity index (χ1n) is 8.26. The van der Waals surface area contributed by atoms with E-state index in [2.05, 4.69) is 15.0 Å². The van der Waals surface area contributed by atoms with Gasteiger partial charge >= 0.3 is 0 Å². The molecule has 1 aromatic carbocycles. The van der Waals surface area contributed by atoms with Crippen LogP contribution in [-0.2, 0) is 9.59 Å². The van der Waals surface area contributed by atoms with Crippen LogP contribution in [0.5, 0.6) is 0 Å². The Bertz CT molecular complexity index is 730. The first-order valence-corrected chi connectivity index (χ1v) is 9.04. The maximum absolute atomic E-state index is 12.2. The van der Waals surface area contributed by atoms with Gasteiger partial charge in [-0.05, 0) is 36.5 Å². The van der Waals surface area contributed by atoms with Crippen molar-refractivity contribution in [3.05, 3.63) is 24.3 Å². The van der Waals surface area contributed by atoms with Crippen molar-refractivity contribution in [2.24, 2.45) is 5.92 Å². The van der Waals surface area contributed by atoms with Crippen molar-refractivity contribution in [3.8, 4) is 0 Å². The lowest BCUT2D eigenvalue weighted by Gasteiger charge is -2.31. The van der Waals surface area contributed by atoms with Crippen molar-refractivity contribution < 1.29 is 9.59 Å². The lowest BCUT2D eigenvalue weighted by molar-refractivity contribution is -0.133. The van der Waals surface area contributed by atoms with E-state index < -0.39 is 0 Å². The summed E-state index contributed by atoms with van der Waals surface area (Å²) in [6, 6.07) is 8.08. The van der Waals surface area contributed by atoms with Crippen LogP contribution in [0.1, 0.15) is 19.8 Å². The van der Waals surface area contributed by atoms with Crippen LogP contribution in [0.2, 0.25) is 0 Å². The summed E-state index contributed by atoms with van der Waals surface area (Å²) in [7, 11) is 0. The molecule has 24 heavy (non-hydrogen) atoms. The Morgan fingerprint density at radius 2 is 2.17 bits per heavy atom. The molecule has 1 aliphatic rings. The zero-order valence-corrected chi connectivity index (χ0v) is 14.6. The summed E-state index contributed by atoms with van der Waals surface area (Å²) in [5.41, 5.74) is 0. The Kier molecular flexibility index (Phi) is 5.30. The van der Waals surface area contributed by atoms with Crippen LogP contribution in [0, 0.1) is 5.92 Å². The Balaban J connectivity index is 1.44. The van der Waals surface area contributed by atoms with Gasteiger partial charge in [-0.15, -0.1) is 0 Å². The molecule has 1 atom stereocenters. The predicted molar refractivity (Wildman–Crippen MR) is 96.1 cm³/mol. The molecular formula is C17H22N4O2S. The molecule has 0 spiro atoms. The number of piperidine rings is 1. The summed E-state index contributed by atoms with van der Waals surface area (Å²) in [6.07, 6.45) is 1.74. The third-order valence-electron chi connectivity index (χ3n) is 4.33. The molecule has 6 nitrogen and oxygen atoms in total. The Morgan fingerprint density at radius 1 is 1.33 bits per heavy atom. The molecule has 1 unspecified atom stereocenters. The number of carbonyl (C=O) groups is 2. The van der Waals surface area contributed by atoms with Crippen LogP contribution in [0.25, 0.3) is 10.1 Å². The minimum absolute atomic E-state index is 0.0332. The van der Waals surface area contributed by atoms with Crippen LogP contribution in [0.15, 0.2) is 24.3 Å². The highest BCUT2D eigenvalue weighted by molar-refractivity contribution is 7.13. The van der Waals surface area contributed by atoms with Crippen LogP contribution >= 0.6 is 11.5 Å². The van der Waals surface area contributed by atoms with E-state index in [4.69, 9.17) is 0 Å². The fourth-order valence-corrected chi connectivity index (χ4v) is 3.76. The Labute approximate surface area is 145 Å². The summed E-state index contributed by atoms with van der Waals surface area (Å²) in [5, 5.41) is 7.34. The van der Waals surface area contributed by atoms with Crippen molar-refractivity contribution in [2.45, 2.75) is 19.8 Å². The van der Waals surface area contributed by atoms with Crippen molar-refractivity contribution >= 4 is 39.3 Å². The summed E-state index contributed by atoms with van der Waals surface area (Å²) >= 11 is 1.47. The normalized spacial score (nSPS) is 17.7. The summed E-state index contributed by atoms with van der Waals surface area (Å²) < 4.78 is 5.55. The van der Waals surface area contributed by atoms with E-state index in [1.54, 1.807) is 11.8 Å². The molecule has 7 heteroatoms. The lowest BCUT2D eigenvalue weighted by atomic mass is 9.97. The smallest absolute Gasteiger partial charge is 0.224 e. The number of hydrogen-bond acceptors (Lipinski definition) is 5. The zero-order valence-electron chi connectivity index (χ0n) is 13.7. The molecule has 128 valence electrons. The fraction of sp³-hybridized carbons (Fsp3) is 0.471. The van der Waals surface area contributed by atoms with Gasteiger partial charge in [0.25, 0.3) is 0 Å². The third-order valence-corrected chi connectivity index (χ3v) is 5.16. The van der Waals surface area contributed by atoms with Crippen molar-refractivity contribution in [1.29, 1.82) is 0 Å². The Morgan fingerprint density at radius 3 is 3.00 bits per heavy atom. The number of likely N-dealkylation sites (tertiary alicyclic amines) is 1. The lowest BCUT2D eigenvalue weighted by Crippen LogP contribution is -2.45. The quantitative estimate of drug-likeness (QED) is 0.813. The molecule has 1 saturated heterocycles. The second-order valence-electron chi connectivity index (χ2n) is 6.05. The highest BCUT2D eigenvalue weighted by Gasteiger charge is 2.26. The van der Waals surface area contributed by atoms with Crippen molar-refractivity contribution in [3.63, 3.8) is 0 Å². The molecule has 0 bridgehead atoms. The van der Waals surface area contributed by atoms with Gasteiger partial charge in [-0.25, -0.2) is 0 Å². The minimum Gasteiger partial charge on any atom is -0.367 e. The zero-order chi connectivity index (χ0) is 16.9. The Hall–Kier alpha value is -2.15. The molecule has 0 radical (unpaired) electrons. The van der Waals surface area contributed by atoms with Gasteiger partial charge in [0, 0.05) is 38.5 Å². The molecule has 2 heterocycles. The van der Waals surface area contributed by atoms with E-state index in [0.29, 0.717) is 19.6 Å². The van der Waals surface area contributed by atoms with E-state index in [1.807, 2.05) is 24.3 Å². The number of rotatable bonds is 5. The van der Waals surface area contributed by atoms with Gasteiger partial charge in [-0.2, -0.15) is 4.37 Å². The molecule has 1 fully saturated rings. The molecule has 2 aromatic rings. The van der Waals surface area contributed by atoms with Crippen LogP contribution < -0.4 is 10.6 Å². The molecule has 2 amide bonds. The highest BCUT2D eigenvalue weighted by Crippen LogP contribution is 2.25. The number of nitrogens with one attached hydrogen (secondary N) is 2. The summed E-state index contributed by atoms with van der Waals surface area (Å²) in [5.74, 6) is 0.850. The van der Waals surface area contributed by atoms with Crippen molar-refractivity contribution in [2.75, 3.05) is 31.5 Å². The molecule has 2 N–H and O–H groups in total.